The fraction of sp³-hybridized carbons (Fsp3) is 0.222. The number of thiazole rings is 1. The van der Waals surface area contributed by atoms with E-state index in [-0.39, 0.29) is 11.5 Å². The minimum Gasteiger partial charge on any atom is -0.298 e. The molecule has 2 heterocycles. The van der Waals surface area contributed by atoms with E-state index in [1.54, 1.807) is 6.20 Å². The summed E-state index contributed by atoms with van der Waals surface area (Å²) in [5.41, 5.74) is 2.48. The molecule has 0 aliphatic rings. The third-order valence-electron chi connectivity index (χ3n) is 3.44. The quantitative estimate of drug-likeness (QED) is 0.647. The normalized spacial score (nSPS) is 10.7. The molecule has 3 aromatic rings. The second-order valence-corrected chi connectivity index (χ2v) is 7.80. The number of carbonyl (C=O) groups is 1. The van der Waals surface area contributed by atoms with Gasteiger partial charge in [0.1, 0.15) is 21.9 Å². The molecule has 24 heavy (non-hydrogen) atoms. The molecule has 2 aromatic heterocycles. The average Bonchev–Trinajstić information content (AvgIpc) is 2.96. The third-order valence-corrected chi connectivity index (χ3v) is 5.41. The Labute approximate surface area is 148 Å². The number of ketones is 1. The second-order valence-electron chi connectivity index (χ2n) is 5.52. The zero-order valence-corrected chi connectivity index (χ0v) is 15.0. The lowest BCUT2D eigenvalue weighted by Crippen LogP contribution is -2.06. The molecule has 0 unspecified atom stereocenters. The molecule has 0 saturated heterocycles. The van der Waals surface area contributed by atoms with Gasteiger partial charge in [-0.2, -0.15) is 5.26 Å². The lowest BCUT2D eigenvalue weighted by atomic mass is 10.1. The maximum atomic E-state index is 12.1. The highest BCUT2D eigenvalue weighted by molar-refractivity contribution is 8.00. The van der Waals surface area contributed by atoms with Gasteiger partial charge in [0, 0.05) is 16.5 Å². The Hall–Kier alpha value is -2.23. The van der Waals surface area contributed by atoms with Crippen LogP contribution in [-0.4, -0.2) is 21.5 Å². The largest absolute Gasteiger partial charge is 0.298 e. The van der Waals surface area contributed by atoms with Gasteiger partial charge < -0.3 is 0 Å². The van der Waals surface area contributed by atoms with E-state index in [0.717, 1.165) is 26.4 Å². The number of nitrogens with zero attached hydrogens (tertiary/aromatic N) is 3. The first-order valence-electron chi connectivity index (χ1n) is 7.42. The first kappa shape index (κ1) is 16.6. The SMILES string of the molecule is Cc1ccc2nc(SCC(=O)Cc3ncc(C)s3)c(C#N)cc2c1. The lowest BCUT2D eigenvalue weighted by Gasteiger charge is -2.06. The lowest BCUT2D eigenvalue weighted by molar-refractivity contribution is -0.116. The first-order valence-corrected chi connectivity index (χ1v) is 9.22. The van der Waals surface area contributed by atoms with Crippen LogP contribution in [0.25, 0.3) is 10.9 Å². The highest BCUT2D eigenvalue weighted by Gasteiger charge is 2.12. The van der Waals surface area contributed by atoms with Crippen molar-refractivity contribution in [2.45, 2.75) is 25.3 Å². The molecule has 0 fully saturated rings. The molecule has 0 radical (unpaired) electrons. The maximum Gasteiger partial charge on any atom is 0.149 e. The molecule has 0 aliphatic carbocycles. The van der Waals surface area contributed by atoms with Crippen molar-refractivity contribution in [2.24, 2.45) is 0 Å². The van der Waals surface area contributed by atoms with Gasteiger partial charge in [0.05, 0.1) is 23.3 Å². The molecule has 0 bridgehead atoms. The predicted molar refractivity (Wildman–Crippen MR) is 97.5 cm³/mol. The number of benzene rings is 1. The van der Waals surface area contributed by atoms with Gasteiger partial charge in [-0.1, -0.05) is 23.4 Å². The van der Waals surface area contributed by atoms with Crippen molar-refractivity contribution in [3.05, 3.63) is 51.5 Å². The zero-order valence-electron chi connectivity index (χ0n) is 13.4. The summed E-state index contributed by atoms with van der Waals surface area (Å²) >= 11 is 2.86. The molecular weight excluding hydrogens is 338 g/mol. The maximum absolute atomic E-state index is 12.1. The summed E-state index contributed by atoms with van der Waals surface area (Å²) in [5.74, 6) is 0.376. The molecular formula is C18H15N3OS2. The number of aryl methyl sites for hydroxylation is 2. The van der Waals surface area contributed by atoms with E-state index in [9.17, 15) is 10.1 Å². The Bertz CT molecular complexity index is 957. The van der Waals surface area contributed by atoms with Crippen molar-refractivity contribution in [2.75, 3.05) is 5.75 Å². The summed E-state index contributed by atoms with van der Waals surface area (Å²) in [6.45, 7) is 3.98. The van der Waals surface area contributed by atoms with E-state index in [1.165, 1.54) is 23.1 Å². The van der Waals surface area contributed by atoms with E-state index in [0.29, 0.717) is 17.0 Å². The van der Waals surface area contributed by atoms with Gasteiger partial charge in [0.25, 0.3) is 0 Å². The van der Waals surface area contributed by atoms with Crippen molar-refractivity contribution in [1.82, 2.24) is 9.97 Å². The summed E-state index contributed by atoms with van der Waals surface area (Å²) in [7, 11) is 0. The number of fused-ring (bicyclic) bond motifs is 1. The number of hydrogen-bond acceptors (Lipinski definition) is 6. The average molecular weight is 353 g/mol. The number of pyridine rings is 1. The van der Waals surface area contributed by atoms with Gasteiger partial charge in [0.15, 0.2) is 0 Å². The van der Waals surface area contributed by atoms with Crippen LogP contribution in [0.3, 0.4) is 0 Å². The van der Waals surface area contributed by atoms with Crippen LogP contribution in [0.2, 0.25) is 0 Å². The second kappa shape index (κ2) is 7.12. The van der Waals surface area contributed by atoms with Crippen LogP contribution in [0.5, 0.6) is 0 Å². The van der Waals surface area contributed by atoms with Crippen LogP contribution in [-0.2, 0) is 11.2 Å². The summed E-state index contributed by atoms with van der Waals surface area (Å²) in [6, 6.07) is 9.96. The molecule has 4 nitrogen and oxygen atoms in total. The fourth-order valence-electron chi connectivity index (χ4n) is 2.32. The van der Waals surface area contributed by atoms with Crippen LogP contribution in [0.1, 0.15) is 21.0 Å². The Morgan fingerprint density at radius 3 is 2.88 bits per heavy atom. The van der Waals surface area contributed by atoms with Gasteiger partial charge >= 0.3 is 0 Å². The Morgan fingerprint density at radius 2 is 2.17 bits per heavy atom. The minimum absolute atomic E-state index is 0.0871. The number of aromatic nitrogens is 2. The predicted octanol–water partition coefficient (Wildman–Crippen LogP) is 4.08. The summed E-state index contributed by atoms with van der Waals surface area (Å²) in [5, 5.41) is 11.7. The monoisotopic (exact) mass is 353 g/mol. The highest BCUT2D eigenvalue weighted by atomic mass is 32.2. The number of Topliss-reactive ketones (excluding diaryl/α,β-unsaturated/α-hetero) is 1. The minimum atomic E-state index is 0.0871. The van der Waals surface area contributed by atoms with Crippen molar-refractivity contribution in [3.8, 4) is 6.07 Å². The molecule has 3 rings (SSSR count). The summed E-state index contributed by atoms with van der Waals surface area (Å²) < 4.78 is 0. The Balaban J connectivity index is 1.75. The molecule has 0 saturated carbocycles. The summed E-state index contributed by atoms with van der Waals surface area (Å²) in [6.07, 6.45) is 2.11. The third kappa shape index (κ3) is 3.81. The van der Waals surface area contributed by atoms with Gasteiger partial charge in [-0.3, -0.25) is 4.79 Å². The topological polar surface area (TPSA) is 66.6 Å². The van der Waals surface area contributed by atoms with Crippen molar-refractivity contribution < 1.29 is 4.79 Å². The van der Waals surface area contributed by atoms with E-state index in [4.69, 9.17) is 0 Å². The molecule has 0 N–H and O–H groups in total. The van der Waals surface area contributed by atoms with Crippen LogP contribution in [0.15, 0.2) is 35.5 Å². The molecule has 1 aromatic carbocycles. The number of rotatable bonds is 5. The number of thioether (sulfide) groups is 1. The Morgan fingerprint density at radius 1 is 1.33 bits per heavy atom. The number of carbonyl (C=O) groups excluding carboxylic acids is 1. The Kier molecular flexibility index (Phi) is 4.93. The first-order chi connectivity index (χ1) is 11.5. The van der Waals surface area contributed by atoms with Crippen LogP contribution in [0, 0.1) is 25.2 Å². The zero-order chi connectivity index (χ0) is 17.1. The highest BCUT2D eigenvalue weighted by Crippen LogP contribution is 2.25. The van der Waals surface area contributed by atoms with Gasteiger partial charge in [-0.15, -0.1) is 11.3 Å². The van der Waals surface area contributed by atoms with Crippen molar-refractivity contribution in [1.29, 1.82) is 5.26 Å². The standard InChI is InChI=1S/C18H15N3OS2/c1-11-3-4-16-13(5-11)6-14(8-19)18(21-16)23-10-15(22)7-17-20-9-12(2)24-17/h3-6,9H,7,10H2,1-2H3. The molecule has 0 aliphatic heterocycles. The van der Waals surface area contributed by atoms with E-state index >= 15 is 0 Å². The van der Waals surface area contributed by atoms with Crippen molar-refractivity contribution in [3.63, 3.8) is 0 Å². The van der Waals surface area contributed by atoms with Crippen molar-refractivity contribution >= 4 is 39.8 Å². The smallest absolute Gasteiger partial charge is 0.149 e. The van der Waals surface area contributed by atoms with Gasteiger partial charge in [-0.05, 0) is 32.0 Å². The van der Waals surface area contributed by atoms with Crippen LogP contribution < -0.4 is 0 Å². The number of nitriles is 1. The van der Waals surface area contributed by atoms with Gasteiger partial charge in [-0.25, -0.2) is 9.97 Å². The molecule has 120 valence electrons. The van der Waals surface area contributed by atoms with E-state index < -0.39 is 0 Å². The van der Waals surface area contributed by atoms with E-state index in [2.05, 4.69) is 16.0 Å². The molecule has 0 amide bonds. The molecule has 6 heteroatoms. The van der Waals surface area contributed by atoms with Crippen LogP contribution >= 0.6 is 23.1 Å². The van der Waals surface area contributed by atoms with Crippen LogP contribution in [0.4, 0.5) is 0 Å². The molecule has 0 atom stereocenters. The molecule has 0 spiro atoms. The summed E-state index contributed by atoms with van der Waals surface area (Å²) in [4.78, 5) is 22.0. The van der Waals surface area contributed by atoms with E-state index in [1.807, 2.05) is 38.1 Å². The van der Waals surface area contributed by atoms with Gasteiger partial charge in [0.2, 0.25) is 0 Å². The number of hydrogen-bond donors (Lipinski definition) is 0. The fourth-order valence-corrected chi connectivity index (χ4v) is 3.96.